The van der Waals surface area contributed by atoms with E-state index in [1.54, 1.807) is 0 Å². The van der Waals surface area contributed by atoms with Gasteiger partial charge in [0, 0.05) is 19.1 Å². The first kappa shape index (κ1) is 14.9. The van der Waals surface area contributed by atoms with Gasteiger partial charge in [0.25, 0.3) is 0 Å². The van der Waals surface area contributed by atoms with E-state index in [0.717, 1.165) is 36.8 Å². The molecule has 22 heavy (non-hydrogen) atoms. The van der Waals surface area contributed by atoms with Gasteiger partial charge in [-0.3, -0.25) is 0 Å². The summed E-state index contributed by atoms with van der Waals surface area (Å²) in [6.07, 6.45) is 8.78. The molecule has 0 spiro atoms. The van der Waals surface area contributed by atoms with Crippen LogP contribution in [0.25, 0.3) is 11.0 Å². The Balaban J connectivity index is 1.39. The summed E-state index contributed by atoms with van der Waals surface area (Å²) in [5.41, 5.74) is 2.17. The van der Waals surface area contributed by atoms with Gasteiger partial charge >= 0.3 is 6.03 Å². The number of nitrogens with zero attached hydrogens (tertiary/aromatic N) is 2. The molecule has 2 N–H and O–H groups in total. The number of hydrogen-bond donors (Lipinski definition) is 2. The van der Waals surface area contributed by atoms with Crippen LogP contribution in [0, 0.1) is 0 Å². The van der Waals surface area contributed by atoms with Gasteiger partial charge in [0.1, 0.15) is 0 Å². The van der Waals surface area contributed by atoms with E-state index in [-0.39, 0.29) is 6.03 Å². The Labute approximate surface area is 131 Å². The number of para-hydroxylation sites is 2. The lowest BCUT2D eigenvalue weighted by atomic mass is 9.96. The molecule has 1 aromatic heterocycles. The topological polar surface area (TPSA) is 59.0 Å². The van der Waals surface area contributed by atoms with Gasteiger partial charge in [0.05, 0.1) is 17.4 Å². The smallest absolute Gasteiger partial charge is 0.315 e. The van der Waals surface area contributed by atoms with E-state index in [1.807, 2.05) is 24.5 Å². The van der Waals surface area contributed by atoms with E-state index in [4.69, 9.17) is 0 Å². The van der Waals surface area contributed by atoms with Crippen LogP contribution in [0.3, 0.4) is 0 Å². The molecule has 0 atom stereocenters. The summed E-state index contributed by atoms with van der Waals surface area (Å²) in [7, 11) is 0. The van der Waals surface area contributed by atoms with Crippen molar-refractivity contribution in [3.8, 4) is 0 Å². The fourth-order valence-electron chi connectivity index (χ4n) is 3.12. The quantitative estimate of drug-likeness (QED) is 0.834. The summed E-state index contributed by atoms with van der Waals surface area (Å²) < 4.78 is 2.13. The molecule has 5 nitrogen and oxygen atoms in total. The van der Waals surface area contributed by atoms with E-state index >= 15 is 0 Å². The van der Waals surface area contributed by atoms with Crippen LogP contribution in [-0.2, 0) is 6.54 Å². The molecule has 0 saturated heterocycles. The highest BCUT2D eigenvalue weighted by atomic mass is 16.2. The maximum absolute atomic E-state index is 11.8. The summed E-state index contributed by atoms with van der Waals surface area (Å²) in [5.74, 6) is 0. The molecule has 0 bridgehead atoms. The van der Waals surface area contributed by atoms with Crippen LogP contribution in [0.2, 0.25) is 0 Å². The minimum atomic E-state index is -0.0256. The number of aryl methyl sites for hydroxylation is 1. The maximum atomic E-state index is 11.8. The second-order valence-corrected chi connectivity index (χ2v) is 6.02. The second-order valence-electron chi connectivity index (χ2n) is 6.02. The average Bonchev–Trinajstić information content (AvgIpc) is 2.96. The van der Waals surface area contributed by atoms with E-state index in [9.17, 15) is 4.79 Å². The molecule has 0 radical (unpaired) electrons. The molecular weight excluding hydrogens is 276 g/mol. The van der Waals surface area contributed by atoms with Gasteiger partial charge in [-0.2, -0.15) is 0 Å². The number of carbonyl (C=O) groups is 1. The minimum Gasteiger partial charge on any atom is -0.338 e. The van der Waals surface area contributed by atoms with E-state index in [0.29, 0.717) is 12.6 Å². The van der Waals surface area contributed by atoms with Crippen LogP contribution >= 0.6 is 0 Å². The number of amides is 2. The van der Waals surface area contributed by atoms with E-state index < -0.39 is 0 Å². The Kier molecular flexibility index (Phi) is 4.93. The number of hydrogen-bond acceptors (Lipinski definition) is 2. The highest BCUT2D eigenvalue weighted by Crippen LogP contribution is 2.17. The summed E-state index contributed by atoms with van der Waals surface area (Å²) in [6.45, 7) is 1.55. The zero-order chi connectivity index (χ0) is 15.2. The lowest BCUT2D eigenvalue weighted by Crippen LogP contribution is -2.43. The maximum Gasteiger partial charge on any atom is 0.315 e. The summed E-state index contributed by atoms with van der Waals surface area (Å²) >= 11 is 0. The Morgan fingerprint density at radius 3 is 2.91 bits per heavy atom. The Morgan fingerprint density at radius 1 is 1.23 bits per heavy atom. The predicted molar refractivity (Wildman–Crippen MR) is 87.8 cm³/mol. The van der Waals surface area contributed by atoms with Gasteiger partial charge in [0.15, 0.2) is 0 Å². The monoisotopic (exact) mass is 300 g/mol. The fourth-order valence-corrected chi connectivity index (χ4v) is 3.12. The van der Waals surface area contributed by atoms with Gasteiger partial charge in [-0.25, -0.2) is 9.78 Å². The van der Waals surface area contributed by atoms with Gasteiger partial charge in [0.2, 0.25) is 0 Å². The Hall–Kier alpha value is -2.04. The number of carbonyl (C=O) groups excluding carboxylic acids is 1. The molecule has 0 unspecified atom stereocenters. The second kappa shape index (κ2) is 7.29. The first-order valence-corrected chi connectivity index (χ1v) is 8.27. The molecule has 0 aliphatic heterocycles. The minimum absolute atomic E-state index is 0.0256. The van der Waals surface area contributed by atoms with Gasteiger partial charge < -0.3 is 15.2 Å². The number of aromatic nitrogens is 2. The Morgan fingerprint density at radius 2 is 2.05 bits per heavy atom. The van der Waals surface area contributed by atoms with Crippen molar-refractivity contribution in [3.05, 3.63) is 30.6 Å². The summed E-state index contributed by atoms with van der Waals surface area (Å²) in [5, 5.41) is 6.03. The van der Waals surface area contributed by atoms with Crippen LogP contribution in [0.4, 0.5) is 4.79 Å². The predicted octanol–water partition coefficient (Wildman–Crippen LogP) is 3.06. The lowest BCUT2D eigenvalue weighted by Gasteiger charge is -2.22. The van der Waals surface area contributed by atoms with Crippen molar-refractivity contribution in [2.45, 2.75) is 51.1 Å². The third kappa shape index (κ3) is 3.78. The zero-order valence-electron chi connectivity index (χ0n) is 12.9. The molecule has 1 heterocycles. The van der Waals surface area contributed by atoms with Crippen molar-refractivity contribution in [3.63, 3.8) is 0 Å². The normalized spacial score (nSPS) is 15.8. The standard InChI is InChI=1S/C17H24N4O/c22-17(20-14-7-2-1-3-8-14)18-11-6-12-21-13-19-15-9-4-5-10-16(15)21/h4-5,9-10,13-14H,1-3,6-8,11-12H2,(H2,18,20,22). The van der Waals surface area contributed by atoms with Gasteiger partial charge in [-0.1, -0.05) is 31.4 Å². The van der Waals surface area contributed by atoms with Crippen LogP contribution in [0.5, 0.6) is 0 Å². The number of rotatable bonds is 5. The van der Waals surface area contributed by atoms with Crippen molar-refractivity contribution in [1.29, 1.82) is 0 Å². The number of fused-ring (bicyclic) bond motifs is 1. The van der Waals surface area contributed by atoms with E-state index in [1.165, 1.54) is 19.3 Å². The SMILES string of the molecule is O=C(NCCCn1cnc2ccccc21)NC1CCCCC1. The molecule has 5 heteroatoms. The third-order valence-electron chi connectivity index (χ3n) is 4.33. The zero-order valence-corrected chi connectivity index (χ0v) is 12.9. The highest BCUT2D eigenvalue weighted by Gasteiger charge is 2.14. The van der Waals surface area contributed by atoms with Crippen molar-refractivity contribution in [2.75, 3.05) is 6.54 Å². The number of benzene rings is 1. The van der Waals surface area contributed by atoms with Crippen LogP contribution in [0.15, 0.2) is 30.6 Å². The molecule has 2 aromatic rings. The van der Waals surface area contributed by atoms with E-state index in [2.05, 4.69) is 26.3 Å². The molecule has 1 fully saturated rings. The van der Waals surface area contributed by atoms with Crippen molar-refractivity contribution < 1.29 is 4.79 Å². The first-order chi connectivity index (χ1) is 10.8. The fraction of sp³-hybridized carbons (Fsp3) is 0.529. The van der Waals surface area contributed by atoms with Gasteiger partial charge in [-0.15, -0.1) is 0 Å². The van der Waals surface area contributed by atoms with Crippen LogP contribution in [0.1, 0.15) is 38.5 Å². The first-order valence-electron chi connectivity index (χ1n) is 8.27. The molecule has 1 aromatic carbocycles. The Bertz CT molecular complexity index is 616. The lowest BCUT2D eigenvalue weighted by molar-refractivity contribution is 0.232. The molecule has 3 rings (SSSR count). The van der Waals surface area contributed by atoms with Crippen molar-refractivity contribution in [1.82, 2.24) is 20.2 Å². The molecule has 2 amide bonds. The molecular formula is C17H24N4O. The van der Waals surface area contributed by atoms with Gasteiger partial charge in [-0.05, 0) is 31.4 Å². The highest BCUT2D eigenvalue weighted by molar-refractivity contribution is 5.75. The van der Waals surface area contributed by atoms with Crippen molar-refractivity contribution >= 4 is 17.1 Å². The molecule has 118 valence electrons. The summed E-state index contributed by atoms with van der Waals surface area (Å²) in [4.78, 5) is 16.2. The third-order valence-corrected chi connectivity index (χ3v) is 4.33. The van der Waals surface area contributed by atoms with Crippen molar-refractivity contribution in [2.24, 2.45) is 0 Å². The van der Waals surface area contributed by atoms with Crippen LogP contribution < -0.4 is 10.6 Å². The largest absolute Gasteiger partial charge is 0.338 e. The molecule has 1 aliphatic rings. The average molecular weight is 300 g/mol. The number of urea groups is 1. The number of nitrogens with one attached hydrogen (secondary N) is 2. The number of imidazole rings is 1. The summed E-state index contributed by atoms with van der Waals surface area (Å²) in [6, 6.07) is 8.45. The molecule has 1 saturated carbocycles. The van der Waals surface area contributed by atoms with Crippen LogP contribution in [-0.4, -0.2) is 28.2 Å². The molecule has 1 aliphatic carbocycles.